The van der Waals surface area contributed by atoms with Crippen molar-refractivity contribution in [1.82, 2.24) is 34.7 Å². The normalized spacial score (nSPS) is 12.9. The molecule has 0 spiro atoms. The van der Waals surface area contributed by atoms with Crippen LogP contribution in [-0.2, 0) is 6.18 Å². The zero-order valence-corrected chi connectivity index (χ0v) is 18.9. The Morgan fingerprint density at radius 2 is 1.77 bits per heavy atom. The van der Waals surface area contributed by atoms with E-state index < -0.39 is 17.8 Å². The van der Waals surface area contributed by atoms with Gasteiger partial charge in [0.1, 0.15) is 28.5 Å². The monoisotopic (exact) mass is 560 g/mol. The zero-order valence-electron chi connectivity index (χ0n) is 16.0. The zero-order chi connectivity index (χ0) is 22.3. The molecular formula is C18H13ClF3IN8. The third kappa shape index (κ3) is 4.13. The van der Waals surface area contributed by atoms with Gasteiger partial charge >= 0.3 is 6.18 Å². The van der Waals surface area contributed by atoms with Crippen molar-refractivity contribution in [2.45, 2.75) is 19.1 Å². The lowest BCUT2D eigenvalue weighted by Gasteiger charge is -2.26. The SMILES string of the molecule is C[C@@H](c1ncnn1-c1cc(I)ncn1)N(C)c1ncnc2c(C(F)(F)F)cc(Cl)cc12. The van der Waals surface area contributed by atoms with Crippen LogP contribution in [0.4, 0.5) is 19.0 Å². The second-order valence-electron chi connectivity index (χ2n) is 6.56. The highest BCUT2D eigenvalue weighted by Crippen LogP contribution is 2.39. The summed E-state index contributed by atoms with van der Waals surface area (Å²) in [5.41, 5.74) is -1.15. The van der Waals surface area contributed by atoms with E-state index in [2.05, 4.69) is 52.6 Å². The van der Waals surface area contributed by atoms with Gasteiger partial charge < -0.3 is 4.90 Å². The van der Waals surface area contributed by atoms with Gasteiger partial charge in [0.15, 0.2) is 11.6 Å². The summed E-state index contributed by atoms with van der Waals surface area (Å²) in [7, 11) is 1.70. The van der Waals surface area contributed by atoms with E-state index in [9.17, 15) is 13.2 Å². The molecule has 13 heteroatoms. The summed E-state index contributed by atoms with van der Waals surface area (Å²) < 4.78 is 42.8. The van der Waals surface area contributed by atoms with Gasteiger partial charge in [-0.2, -0.15) is 23.0 Å². The highest BCUT2D eigenvalue weighted by atomic mass is 127. The molecule has 4 rings (SSSR count). The van der Waals surface area contributed by atoms with E-state index in [0.717, 1.165) is 16.1 Å². The number of halogens is 5. The molecule has 0 aliphatic heterocycles. The molecule has 0 fully saturated rings. The van der Waals surface area contributed by atoms with Gasteiger partial charge in [0.25, 0.3) is 0 Å². The molecule has 0 amide bonds. The summed E-state index contributed by atoms with van der Waals surface area (Å²) in [6, 6.07) is 3.59. The van der Waals surface area contributed by atoms with Crippen LogP contribution in [0.15, 0.2) is 37.2 Å². The van der Waals surface area contributed by atoms with Gasteiger partial charge in [0, 0.05) is 23.5 Å². The average molecular weight is 561 g/mol. The molecule has 0 saturated carbocycles. The standard InChI is InChI=1S/C18H13ClF3IN8/c1-9(16-28-8-29-31(16)14-5-13(23)24-6-25-14)30(2)17-11-3-10(19)4-12(18(20,21)22)15(11)26-7-27-17/h3-9H,1-2H3/t9-/m0/s1. The number of rotatable bonds is 4. The van der Waals surface area contributed by atoms with Gasteiger partial charge in [0.2, 0.25) is 0 Å². The van der Waals surface area contributed by atoms with E-state index in [1.165, 1.54) is 18.7 Å². The van der Waals surface area contributed by atoms with Gasteiger partial charge in [-0.15, -0.1) is 0 Å². The van der Waals surface area contributed by atoms with Crippen LogP contribution in [0.1, 0.15) is 24.4 Å². The molecule has 31 heavy (non-hydrogen) atoms. The molecule has 8 nitrogen and oxygen atoms in total. The number of nitrogens with zero attached hydrogens (tertiary/aromatic N) is 8. The average Bonchev–Trinajstić information content (AvgIpc) is 3.21. The number of fused-ring (bicyclic) bond motifs is 1. The summed E-state index contributed by atoms with van der Waals surface area (Å²) in [6.07, 6.45) is -0.717. The van der Waals surface area contributed by atoms with E-state index in [1.54, 1.807) is 22.7 Å². The maximum atomic E-state index is 13.5. The topological polar surface area (TPSA) is 85.5 Å². The van der Waals surface area contributed by atoms with Gasteiger partial charge in [-0.3, -0.25) is 0 Å². The molecule has 0 aliphatic carbocycles. The molecule has 0 bridgehead atoms. The minimum Gasteiger partial charge on any atom is -0.349 e. The van der Waals surface area contributed by atoms with Gasteiger partial charge in [-0.05, 0) is 41.6 Å². The van der Waals surface area contributed by atoms with Crippen molar-refractivity contribution in [2.24, 2.45) is 0 Å². The number of benzene rings is 1. The van der Waals surface area contributed by atoms with Crippen molar-refractivity contribution in [2.75, 3.05) is 11.9 Å². The predicted molar refractivity (Wildman–Crippen MR) is 116 cm³/mol. The number of aromatic nitrogens is 7. The fourth-order valence-electron chi connectivity index (χ4n) is 3.13. The highest BCUT2D eigenvalue weighted by Gasteiger charge is 2.35. The van der Waals surface area contributed by atoms with Gasteiger partial charge in [-0.25, -0.2) is 24.9 Å². The third-order valence-electron chi connectivity index (χ3n) is 4.69. The Kier molecular flexibility index (Phi) is 5.68. The maximum Gasteiger partial charge on any atom is 0.418 e. The lowest BCUT2D eigenvalue weighted by molar-refractivity contribution is -0.136. The van der Waals surface area contributed by atoms with E-state index >= 15 is 0 Å². The van der Waals surface area contributed by atoms with Crippen LogP contribution in [-0.4, -0.2) is 41.7 Å². The smallest absolute Gasteiger partial charge is 0.349 e. The number of hydrogen-bond acceptors (Lipinski definition) is 7. The van der Waals surface area contributed by atoms with Crippen molar-refractivity contribution < 1.29 is 13.2 Å². The minimum atomic E-state index is -4.61. The lowest BCUT2D eigenvalue weighted by Crippen LogP contribution is -2.26. The summed E-state index contributed by atoms with van der Waals surface area (Å²) in [5, 5.41) is 4.35. The maximum absolute atomic E-state index is 13.5. The van der Waals surface area contributed by atoms with E-state index in [1.807, 2.05) is 6.92 Å². The predicted octanol–water partition coefficient (Wildman–Crippen LogP) is 4.47. The van der Waals surface area contributed by atoms with Crippen LogP contribution >= 0.6 is 34.2 Å². The fraction of sp³-hybridized carbons (Fsp3) is 0.222. The minimum absolute atomic E-state index is 0.0596. The molecule has 0 aliphatic rings. The van der Waals surface area contributed by atoms with E-state index in [-0.39, 0.29) is 21.7 Å². The summed E-state index contributed by atoms with van der Waals surface area (Å²) >= 11 is 8.05. The van der Waals surface area contributed by atoms with E-state index in [4.69, 9.17) is 11.6 Å². The van der Waals surface area contributed by atoms with Crippen molar-refractivity contribution >= 4 is 50.9 Å². The first-order valence-electron chi connectivity index (χ1n) is 8.79. The Labute approximate surface area is 192 Å². The molecule has 3 heterocycles. The van der Waals surface area contributed by atoms with Crippen molar-refractivity contribution in [3.8, 4) is 5.82 Å². The molecule has 0 unspecified atom stereocenters. The number of hydrogen-bond donors (Lipinski definition) is 0. The number of anilines is 1. The highest BCUT2D eigenvalue weighted by molar-refractivity contribution is 14.1. The quantitative estimate of drug-likeness (QED) is 0.269. The Morgan fingerprint density at radius 3 is 2.48 bits per heavy atom. The van der Waals surface area contributed by atoms with Gasteiger partial charge in [0.05, 0.1) is 17.1 Å². The first kappa shape index (κ1) is 21.6. The van der Waals surface area contributed by atoms with Crippen molar-refractivity contribution in [3.05, 3.63) is 57.3 Å². The molecule has 0 radical (unpaired) electrons. The molecule has 160 valence electrons. The molecular weight excluding hydrogens is 548 g/mol. The van der Waals surface area contributed by atoms with E-state index in [0.29, 0.717) is 11.6 Å². The third-order valence-corrected chi connectivity index (χ3v) is 5.50. The molecule has 4 aromatic rings. The van der Waals surface area contributed by atoms with Crippen LogP contribution in [0.2, 0.25) is 5.02 Å². The molecule has 1 atom stereocenters. The Bertz CT molecular complexity index is 1260. The Morgan fingerprint density at radius 1 is 1.03 bits per heavy atom. The fourth-order valence-corrected chi connectivity index (χ4v) is 3.75. The first-order valence-corrected chi connectivity index (χ1v) is 10.2. The molecule has 1 aromatic carbocycles. The van der Waals surface area contributed by atoms with Crippen LogP contribution in [0, 0.1) is 3.70 Å². The molecule has 3 aromatic heterocycles. The van der Waals surface area contributed by atoms with Crippen LogP contribution in [0.5, 0.6) is 0 Å². The second-order valence-corrected chi connectivity index (χ2v) is 8.10. The van der Waals surface area contributed by atoms with Crippen LogP contribution in [0.25, 0.3) is 16.7 Å². The first-order chi connectivity index (χ1) is 14.7. The summed E-state index contributed by atoms with van der Waals surface area (Å²) in [5.74, 6) is 1.31. The molecule has 0 saturated heterocycles. The largest absolute Gasteiger partial charge is 0.418 e. The summed E-state index contributed by atoms with van der Waals surface area (Å²) in [6.45, 7) is 1.83. The molecule has 0 N–H and O–H groups in total. The second kappa shape index (κ2) is 8.15. The van der Waals surface area contributed by atoms with Crippen molar-refractivity contribution in [3.63, 3.8) is 0 Å². The van der Waals surface area contributed by atoms with Gasteiger partial charge in [-0.1, -0.05) is 11.6 Å². The Balaban J connectivity index is 1.80. The van der Waals surface area contributed by atoms with Crippen molar-refractivity contribution in [1.29, 1.82) is 0 Å². The summed E-state index contributed by atoms with van der Waals surface area (Å²) in [4.78, 5) is 22.4. The number of alkyl halides is 3. The Hall–Kier alpha value is -2.61. The van der Waals surface area contributed by atoms with Crippen LogP contribution < -0.4 is 4.90 Å². The van der Waals surface area contributed by atoms with Crippen LogP contribution in [0.3, 0.4) is 0 Å². The lowest BCUT2D eigenvalue weighted by atomic mass is 10.1.